The van der Waals surface area contributed by atoms with Crippen LogP contribution in [-0.4, -0.2) is 35.9 Å². The van der Waals surface area contributed by atoms with Crippen molar-refractivity contribution in [1.29, 1.82) is 0 Å². The van der Waals surface area contributed by atoms with Crippen LogP contribution in [-0.2, 0) is 4.79 Å². The van der Waals surface area contributed by atoms with E-state index in [4.69, 9.17) is 16.3 Å². The number of carbonyl (C=O) groups is 2. The molecule has 0 unspecified atom stereocenters. The zero-order chi connectivity index (χ0) is 22.7. The van der Waals surface area contributed by atoms with Gasteiger partial charge in [-0.25, -0.2) is 4.39 Å². The molecule has 1 aliphatic heterocycles. The van der Waals surface area contributed by atoms with E-state index in [0.29, 0.717) is 10.8 Å². The molecule has 0 saturated carbocycles. The van der Waals surface area contributed by atoms with Gasteiger partial charge in [0.1, 0.15) is 11.6 Å². The molecule has 0 radical (unpaired) electrons. The number of hydrazone groups is 1. The van der Waals surface area contributed by atoms with Crippen LogP contribution < -0.4 is 15.5 Å². The first-order valence-electron chi connectivity index (χ1n) is 9.84. The predicted octanol–water partition coefficient (Wildman–Crippen LogP) is 3.50. The summed E-state index contributed by atoms with van der Waals surface area (Å²) in [6, 6.07) is 18.1. The molecule has 1 heterocycles. The number of hydrogen-bond donors (Lipinski definition) is 2. The minimum Gasteiger partial charge on any atom is -0.497 e. The van der Waals surface area contributed by atoms with Crippen LogP contribution in [0.5, 0.6) is 5.75 Å². The van der Waals surface area contributed by atoms with E-state index >= 15 is 0 Å². The average molecular weight is 453 g/mol. The van der Waals surface area contributed by atoms with E-state index in [2.05, 4.69) is 10.7 Å². The maximum atomic E-state index is 13.2. The van der Waals surface area contributed by atoms with Gasteiger partial charge in [0.05, 0.1) is 7.11 Å². The van der Waals surface area contributed by atoms with Crippen molar-refractivity contribution in [1.82, 2.24) is 10.7 Å². The Morgan fingerprint density at radius 2 is 1.84 bits per heavy atom. The standard InChI is InChI=1S/C24H19ClFN3O3/c1-32-20-4-2-3-15(13-20)14-29-22(16-5-9-18(25)10-6-16)21(24(31)28-29)27-23(30)17-7-11-19(26)12-8-17/h2-14,21-22H,1H3,(H-,27,28,30,31)/p+1/b29-14-/t21-,22+/m0/s1. The second kappa shape index (κ2) is 9.20. The fourth-order valence-electron chi connectivity index (χ4n) is 3.55. The monoisotopic (exact) mass is 452 g/mol. The topological polar surface area (TPSA) is 70.4 Å². The van der Waals surface area contributed by atoms with Gasteiger partial charge in [0.25, 0.3) is 5.91 Å². The number of amides is 2. The van der Waals surface area contributed by atoms with Crippen molar-refractivity contribution in [3.8, 4) is 5.75 Å². The van der Waals surface area contributed by atoms with Crippen molar-refractivity contribution in [2.24, 2.45) is 0 Å². The van der Waals surface area contributed by atoms with Crippen molar-refractivity contribution in [2.45, 2.75) is 12.1 Å². The summed E-state index contributed by atoms with van der Waals surface area (Å²) >= 11 is 6.04. The molecule has 4 rings (SSSR count). The summed E-state index contributed by atoms with van der Waals surface area (Å²) in [5.74, 6) is -0.626. The Bertz CT molecular complexity index is 1180. The minimum absolute atomic E-state index is 0.254. The Balaban J connectivity index is 1.70. The Morgan fingerprint density at radius 3 is 2.53 bits per heavy atom. The SMILES string of the molecule is COc1cccc(/C=[N+]2\NC(=O)[C@@H](NC(=O)c3ccc(F)cc3)[C@H]2c2ccc(Cl)cc2)c1. The molecule has 3 aromatic carbocycles. The number of hydrogen-bond acceptors (Lipinski definition) is 3. The van der Waals surface area contributed by atoms with Crippen LogP contribution in [0.15, 0.2) is 72.8 Å². The number of carbonyl (C=O) groups excluding carboxylic acids is 2. The van der Waals surface area contributed by atoms with Crippen molar-refractivity contribution in [3.05, 3.63) is 100 Å². The average Bonchev–Trinajstić information content (AvgIpc) is 3.09. The molecule has 1 aliphatic rings. The number of methoxy groups -OCH3 is 1. The zero-order valence-corrected chi connectivity index (χ0v) is 17.8. The summed E-state index contributed by atoms with van der Waals surface area (Å²) in [6.45, 7) is 0. The van der Waals surface area contributed by atoms with Crippen molar-refractivity contribution < 1.29 is 23.4 Å². The number of rotatable bonds is 5. The van der Waals surface area contributed by atoms with E-state index in [0.717, 1.165) is 11.1 Å². The third-order valence-corrected chi connectivity index (χ3v) is 5.38. The predicted molar refractivity (Wildman–Crippen MR) is 118 cm³/mol. The van der Waals surface area contributed by atoms with Crippen LogP contribution in [0, 0.1) is 5.82 Å². The molecule has 0 spiro atoms. The number of halogens is 2. The van der Waals surface area contributed by atoms with Gasteiger partial charge in [-0.2, -0.15) is 0 Å². The van der Waals surface area contributed by atoms with Crippen LogP contribution in [0.2, 0.25) is 5.02 Å². The number of benzene rings is 3. The zero-order valence-electron chi connectivity index (χ0n) is 17.1. The van der Waals surface area contributed by atoms with E-state index < -0.39 is 23.8 Å². The van der Waals surface area contributed by atoms with Crippen LogP contribution >= 0.6 is 11.6 Å². The maximum Gasteiger partial charge on any atom is 0.304 e. The molecule has 0 aromatic heterocycles. The van der Waals surface area contributed by atoms with Gasteiger partial charge in [0.15, 0.2) is 6.04 Å². The van der Waals surface area contributed by atoms with Crippen LogP contribution in [0.3, 0.4) is 0 Å². The van der Waals surface area contributed by atoms with Gasteiger partial charge in [-0.15, -0.1) is 10.1 Å². The van der Waals surface area contributed by atoms with E-state index in [-0.39, 0.29) is 11.5 Å². The lowest BCUT2D eigenvalue weighted by Gasteiger charge is -2.15. The highest BCUT2D eigenvalue weighted by Crippen LogP contribution is 2.27. The van der Waals surface area contributed by atoms with Crippen molar-refractivity contribution in [3.63, 3.8) is 0 Å². The molecule has 1 saturated heterocycles. The van der Waals surface area contributed by atoms with Gasteiger partial charge >= 0.3 is 5.91 Å². The summed E-state index contributed by atoms with van der Waals surface area (Å²) in [5, 5.41) is 3.33. The summed E-state index contributed by atoms with van der Waals surface area (Å²) in [5.41, 5.74) is 4.64. The fraction of sp³-hybridized carbons (Fsp3) is 0.125. The van der Waals surface area contributed by atoms with Gasteiger partial charge in [-0.05, 0) is 54.6 Å². The first-order valence-corrected chi connectivity index (χ1v) is 10.2. The highest BCUT2D eigenvalue weighted by Gasteiger charge is 2.47. The Morgan fingerprint density at radius 1 is 1.12 bits per heavy atom. The van der Waals surface area contributed by atoms with Gasteiger partial charge in [0.2, 0.25) is 12.3 Å². The first kappa shape index (κ1) is 21.5. The number of hydrazine groups is 1. The van der Waals surface area contributed by atoms with E-state index in [9.17, 15) is 14.0 Å². The molecule has 0 bridgehead atoms. The molecule has 32 heavy (non-hydrogen) atoms. The summed E-state index contributed by atoms with van der Waals surface area (Å²) in [4.78, 5) is 25.6. The smallest absolute Gasteiger partial charge is 0.304 e. The van der Waals surface area contributed by atoms with Gasteiger partial charge in [0, 0.05) is 21.7 Å². The molecule has 3 aromatic rings. The number of nitrogens with one attached hydrogen (secondary N) is 2. The summed E-state index contributed by atoms with van der Waals surface area (Å²) in [6.07, 6.45) is 1.77. The molecule has 2 amide bonds. The molecular weight excluding hydrogens is 433 g/mol. The lowest BCUT2D eigenvalue weighted by molar-refractivity contribution is -0.596. The molecule has 6 nitrogen and oxygen atoms in total. The van der Waals surface area contributed by atoms with Crippen molar-refractivity contribution in [2.75, 3.05) is 7.11 Å². The molecule has 1 fully saturated rings. The van der Waals surface area contributed by atoms with Crippen LogP contribution in [0.1, 0.15) is 27.5 Å². The lowest BCUT2D eigenvalue weighted by atomic mass is 9.99. The highest BCUT2D eigenvalue weighted by atomic mass is 35.5. The highest BCUT2D eigenvalue weighted by molar-refractivity contribution is 6.30. The lowest BCUT2D eigenvalue weighted by Crippen LogP contribution is -2.42. The second-order valence-corrected chi connectivity index (χ2v) is 7.68. The normalized spacial score (nSPS) is 19.0. The van der Waals surface area contributed by atoms with Crippen molar-refractivity contribution >= 4 is 29.6 Å². The molecule has 2 N–H and O–H groups in total. The third-order valence-electron chi connectivity index (χ3n) is 5.12. The molecule has 8 heteroatoms. The van der Waals surface area contributed by atoms with Gasteiger partial charge in [-0.3, -0.25) is 9.59 Å². The minimum atomic E-state index is -0.893. The largest absolute Gasteiger partial charge is 0.497 e. The summed E-state index contributed by atoms with van der Waals surface area (Å²) in [7, 11) is 1.58. The third kappa shape index (κ3) is 4.63. The van der Waals surface area contributed by atoms with E-state index in [1.54, 1.807) is 42.3 Å². The van der Waals surface area contributed by atoms with Crippen LogP contribution in [0.25, 0.3) is 0 Å². The molecular formula is C24H20ClFN3O3+. The number of ether oxygens (including phenoxy) is 1. The quantitative estimate of drug-likeness (QED) is 0.582. The molecule has 2 atom stereocenters. The second-order valence-electron chi connectivity index (χ2n) is 7.24. The van der Waals surface area contributed by atoms with Gasteiger partial charge in [-0.1, -0.05) is 29.8 Å². The Hall–Kier alpha value is -3.71. The number of nitrogens with zero attached hydrogens (tertiary/aromatic N) is 1. The van der Waals surface area contributed by atoms with E-state index in [1.807, 2.05) is 24.3 Å². The van der Waals surface area contributed by atoms with Crippen LogP contribution in [0.4, 0.5) is 4.39 Å². The fourth-order valence-corrected chi connectivity index (χ4v) is 3.67. The Kier molecular flexibility index (Phi) is 6.18. The summed E-state index contributed by atoms with van der Waals surface area (Å²) < 4.78 is 20.1. The van der Waals surface area contributed by atoms with Gasteiger partial charge < -0.3 is 10.1 Å². The molecule has 162 valence electrons. The molecule has 0 aliphatic carbocycles. The van der Waals surface area contributed by atoms with E-state index in [1.165, 1.54) is 24.3 Å². The Labute approximate surface area is 189 Å². The first-order chi connectivity index (χ1) is 15.4. The maximum absolute atomic E-state index is 13.2.